The van der Waals surface area contributed by atoms with Crippen LogP contribution in [0.1, 0.15) is 40.7 Å². The number of ether oxygens (including phenoxy) is 1. The van der Waals surface area contributed by atoms with E-state index >= 15 is 0 Å². The number of carbonyl (C=O) groups is 3. The first-order chi connectivity index (χ1) is 21.8. The molecule has 6 N–H and O–H groups in total. The number of primary amides is 1. The Hall–Kier alpha value is -4.03. The van der Waals surface area contributed by atoms with E-state index in [2.05, 4.69) is 30.4 Å². The Kier molecular flexibility index (Phi) is 9.42. The topological polar surface area (TPSA) is 166 Å². The summed E-state index contributed by atoms with van der Waals surface area (Å²) in [6.07, 6.45) is 2.64. The molecule has 4 atom stereocenters. The standard InChI is InChI=1S/C35H44N4O7/c1-38(2)14-7-6-13-37-18-19-9-8-10-20(15-19)22-11-12-25(40)27-23(22)16-21-17-24-29(39(3)4)31(42)28(34(36)45)33(44)35(24,46-5)32(43)26(21)30(27)41/h8-12,15,21,24,29,37,40,42-43H,6-7,13-14,16-18H2,1-5H3,(H2,36,45)/t21-,24-,29-,35-/m0/s1. The number of likely N-dealkylation sites (N-methyl/N-ethyl adjacent to an activating group) is 1. The summed E-state index contributed by atoms with van der Waals surface area (Å²) in [4.78, 5) is 44.2. The molecular weight excluding hydrogens is 588 g/mol. The number of aliphatic hydroxyl groups excluding tert-OH is 2. The van der Waals surface area contributed by atoms with Crippen molar-refractivity contribution in [1.82, 2.24) is 15.1 Å². The molecule has 2 aromatic rings. The average molecular weight is 633 g/mol. The number of aromatic hydroxyl groups is 1. The molecule has 0 saturated heterocycles. The van der Waals surface area contributed by atoms with Gasteiger partial charge in [-0.2, -0.15) is 0 Å². The van der Waals surface area contributed by atoms with Crippen molar-refractivity contribution in [2.24, 2.45) is 17.6 Å². The lowest BCUT2D eigenvalue weighted by Crippen LogP contribution is -2.64. The summed E-state index contributed by atoms with van der Waals surface area (Å²) in [7, 11) is 8.70. The number of allylic oxidation sites excluding steroid dienone is 1. The molecule has 0 fully saturated rings. The lowest BCUT2D eigenvalue weighted by molar-refractivity contribution is -0.154. The highest BCUT2D eigenvalue weighted by atomic mass is 16.5. The van der Waals surface area contributed by atoms with E-state index in [1.165, 1.54) is 13.2 Å². The number of hydrogen-bond acceptors (Lipinski definition) is 10. The molecule has 0 bridgehead atoms. The van der Waals surface area contributed by atoms with E-state index in [1.807, 2.05) is 18.2 Å². The van der Waals surface area contributed by atoms with Crippen molar-refractivity contribution < 1.29 is 34.4 Å². The van der Waals surface area contributed by atoms with Crippen LogP contribution in [0, 0.1) is 11.8 Å². The summed E-state index contributed by atoms with van der Waals surface area (Å²) in [6.45, 7) is 2.63. The number of nitrogens with two attached hydrogens (primary N) is 1. The second-order valence-electron chi connectivity index (χ2n) is 13.0. The van der Waals surface area contributed by atoms with Gasteiger partial charge in [0.2, 0.25) is 5.78 Å². The molecule has 0 radical (unpaired) electrons. The van der Waals surface area contributed by atoms with Crippen LogP contribution in [0.2, 0.25) is 0 Å². The number of benzene rings is 2. The van der Waals surface area contributed by atoms with Gasteiger partial charge in [-0.05, 0) is 107 Å². The Balaban J connectivity index is 1.54. The molecule has 0 saturated carbocycles. The van der Waals surface area contributed by atoms with Gasteiger partial charge in [0.25, 0.3) is 5.91 Å². The number of carbonyl (C=O) groups excluding carboxylic acids is 3. The monoisotopic (exact) mass is 632 g/mol. The number of fused-ring (bicyclic) bond motifs is 3. The average Bonchev–Trinajstić information content (AvgIpc) is 2.98. The summed E-state index contributed by atoms with van der Waals surface area (Å²) < 4.78 is 5.74. The maximum Gasteiger partial charge on any atom is 0.255 e. The molecule has 0 unspecified atom stereocenters. The number of nitrogens with one attached hydrogen (secondary N) is 1. The summed E-state index contributed by atoms with van der Waals surface area (Å²) in [5.74, 6) is -5.50. The fraction of sp³-hybridized carbons (Fsp3) is 0.457. The van der Waals surface area contributed by atoms with Crippen LogP contribution in [-0.2, 0) is 27.3 Å². The maximum absolute atomic E-state index is 14.2. The molecule has 3 aliphatic carbocycles. The Morgan fingerprint density at radius 1 is 1.09 bits per heavy atom. The van der Waals surface area contributed by atoms with Crippen LogP contribution in [0.15, 0.2) is 59.1 Å². The Labute approximate surface area is 269 Å². The van der Waals surface area contributed by atoms with Crippen molar-refractivity contribution in [3.63, 3.8) is 0 Å². The van der Waals surface area contributed by atoms with Crippen LogP contribution in [0.5, 0.6) is 5.75 Å². The zero-order valence-corrected chi connectivity index (χ0v) is 27.1. The molecule has 1 amide bonds. The Morgan fingerprint density at radius 2 is 1.83 bits per heavy atom. The molecule has 11 heteroatoms. The van der Waals surface area contributed by atoms with E-state index in [0.29, 0.717) is 12.1 Å². The predicted octanol–water partition coefficient (Wildman–Crippen LogP) is 2.87. The first-order valence-electron chi connectivity index (χ1n) is 15.6. The molecule has 3 aliphatic rings. The zero-order valence-electron chi connectivity index (χ0n) is 27.1. The Bertz CT molecular complexity index is 1630. The van der Waals surface area contributed by atoms with Gasteiger partial charge in [0.1, 0.15) is 22.8 Å². The third kappa shape index (κ3) is 5.51. The van der Waals surface area contributed by atoms with E-state index in [-0.39, 0.29) is 29.7 Å². The van der Waals surface area contributed by atoms with Gasteiger partial charge in [-0.15, -0.1) is 0 Å². The number of hydrogen-bond donors (Lipinski definition) is 5. The predicted molar refractivity (Wildman–Crippen MR) is 173 cm³/mol. The number of amides is 1. The molecule has 2 aromatic carbocycles. The number of aliphatic hydroxyl groups is 2. The first-order valence-corrected chi connectivity index (χ1v) is 15.6. The summed E-state index contributed by atoms with van der Waals surface area (Å²) in [6, 6.07) is 10.4. The molecular formula is C35H44N4O7. The van der Waals surface area contributed by atoms with Gasteiger partial charge in [-0.3, -0.25) is 19.3 Å². The molecule has 11 nitrogen and oxygen atoms in total. The fourth-order valence-corrected chi connectivity index (χ4v) is 7.60. The van der Waals surface area contributed by atoms with Crippen LogP contribution >= 0.6 is 0 Å². The number of Topliss-reactive ketones (excluding diaryl/α,β-unsaturated/α-hetero) is 2. The van der Waals surface area contributed by atoms with Crippen molar-refractivity contribution in [2.75, 3.05) is 48.4 Å². The molecule has 0 aliphatic heterocycles. The lowest BCUT2D eigenvalue weighted by atomic mass is 9.58. The van der Waals surface area contributed by atoms with E-state index in [1.54, 1.807) is 25.1 Å². The highest BCUT2D eigenvalue weighted by Crippen LogP contribution is 2.54. The minimum Gasteiger partial charge on any atom is -0.510 e. The van der Waals surface area contributed by atoms with Crippen LogP contribution < -0.4 is 11.1 Å². The summed E-state index contributed by atoms with van der Waals surface area (Å²) in [5, 5.41) is 37.4. The maximum atomic E-state index is 14.2. The van der Waals surface area contributed by atoms with Crippen molar-refractivity contribution in [2.45, 2.75) is 43.9 Å². The summed E-state index contributed by atoms with van der Waals surface area (Å²) >= 11 is 0. The minimum absolute atomic E-state index is 0.0404. The van der Waals surface area contributed by atoms with Gasteiger partial charge in [-0.1, -0.05) is 24.3 Å². The number of rotatable bonds is 11. The largest absolute Gasteiger partial charge is 0.510 e. The number of phenolic OH excluding ortho intramolecular Hbond substituents is 1. The first kappa shape index (κ1) is 33.3. The third-order valence-corrected chi connectivity index (χ3v) is 9.67. The van der Waals surface area contributed by atoms with E-state index in [0.717, 1.165) is 42.6 Å². The number of ketones is 2. The molecule has 5 rings (SSSR count). The van der Waals surface area contributed by atoms with Gasteiger partial charge >= 0.3 is 0 Å². The highest BCUT2D eigenvalue weighted by molar-refractivity contribution is 6.25. The zero-order chi connectivity index (χ0) is 33.5. The molecule has 0 spiro atoms. The van der Waals surface area contributed by atoms with Gasteiger partial charge < -0.3 is 36.0 Å². The van der Waals surface area contributed by atoms with Crippen LogP contribution in [-0.4, -0.2) is 103 Å². The van der Waals surface area contributed by atoms with Gasteiger partial charge in [0, 0.05) is 25.1 Å². The van der Waals surface area contributed by atoms with Crippen molar-refractivity contribution in [3.8, 4) is 16.9 Å². The fourth-order valence-electron chi connectivity index (χ4n) is 7.60. The normalized spacial score (nSPS) is 24.4. The van der Waals surface area contributed by atoms with E-state index < -0.39 is 58.0 Å². The number of nitrogens with zero attached hydrogens (tertiary/aromatic N) is 2. The molecule has 0 heterocycles. The van der Waals surface area contributed by atoms with Crippen LogP contribution in [0.3, 0.4) is 0 Å². The van der Waals surface area contributed by atoms with Gasteiger partial charge in [0.05, 0.1) is 11.6 Å². The molecule has 246 valence electrons. The van der Waals surface area contributed by atoms with Crippen molar-refractivity contribution in [3.05, 3.63) is 75.8 Å². The Morgan fingerprint density at radius 3 is 2.48 bits per heavy atom. The smallest absolute Gasteiger partial charge is 0.255 e. The number of phenols is 1. The van der Waals surface area contributed by atoms with Crippen LogP contribution in [0.4, 0.5) is 0 Å². The van der Waals surface area contributed by atoms with Crippen LogP contribution in [0.25, 0.3) is 11.1 Å². The lowest BCUT2D eigenvalue weighted by Gasteiger charge is -2.51. The second-order valence-corrected chi connectivity index (χ2v) is 13.0. The SMILES string of the molecule is CO[C@@]12C(=O)C(C(N)=O)=C(O)[C@@H](N(C)C)[C@@H]1C[C@@H]1Cc3c(-c4cccc(CNCCCCN(C)C)c4)ccc(O)c3C(=O)C1=C2O. The highest BCUT2D eigenvalue weighted by Gasteiger charge is 2.64. The van der Waals surface area contributed by atoms with Crippen molar-refractivity contribution in [1.29, 1.82) is 0 Å². The number of unbranched alkanes of at least 4 members (excludes halogenated alkanes) is 1. The summed E-state index contributed by atoms with van der Waals surface area (Å²) in [5.41, 5.74) is 6.16. The molecule has 46 heavy (non-hydrogen) atoms. The van der Waals surface area contributed by atoms with Crippen molar-refractivity contribution >= 4 is 17.5 Å². The minimum atomic E-state index is -2.12. The molecule has 0 aromatic heterocycles. The van der Waals surface area contributed by atoms with Gasteiger partial charge in [-0.25, -0.2) is 0 Å². The van der Waals surface area contributed by atoms with E-state index in [9.17, 15) is 29.7 Å². The van der Waals surface area contributed by atoms with Gasteiger partial charge in [0.15, 0.2) is 11.4 Å². The second kappa shape index (κ2) is 13.0. The number of methoxy groups -OCH3 is 1. The third-order valence-electron chi connectivity index (χ3n) is 9.67. The van der Waals surface area contributed by atoms with E-state index in [4.69, 9.17) is 10.5 Å². The quantitative estimate of drug-likeness (QED) is 0.184.